The van der Waals surface area contributed by atoms with Gasteiger partial charge in [-0.2, -0.15) is 0 Å². The first-order valence-corrected chi connectivity index (χ1v) is 11.4. The fourth-order valence-corrected chi connectivity index (χ4v) is 3.73. The van der Waals surface area contributed by atoms with Crippen LogP contribution in [0.2, 0.25) is 5.02 Å². The number of hydrogen-bond donors (Lipinski definition) is 1. The maximum absolute atomic E-state index is 12.5. The SMILES string of the molecule is COCCOc1cc2ncnc(Nc3ccc(Cl)cc3C3=CC(=O)C=CC3=O)c2cc1OCCOC. The Hall–Kier alpha value is -3.79. The van der Waals surface area contributed by atoms with Crippen LogP contribution in [0.1, 0.15) is 5.56 Å². The summed E-state index contributed by atoms with van der Waals surface area (Å²) in [5, 5.41) is 4.34. The summed E-state index contributed by atoms with van der Waals surface area (Å²) in [6, 6.07) is 8.58. The van der Waals surface area contributed by atoms with Crippen LogP contribution in [0, 0.1) is 0 Å². The average molecular weight is 510 g/mol. The molecule has 36 heavy (non-hydrogen) atoms. The first kappa shape index (κ1) is 25.3. The molecule has 4 rings (SSSR count). The van der Waals surface area contributed by atoms with Crippen LogP contribution in [0.15, 0.2) is 54.9 Å². The van der Waals surface area contributed by atoms with Crippen LogP contribution >= 0.6 is 11.6 Å². The molecule has 0 fully saturated rings. The Labute approximate surface area is 212 Å². The molecule has 0 unspecified atom stereocenters. The Bertz CT molecular complexity index is 1360. The van der Waals surface area contributed by atoms with Crippen LogP contribution in [0.4, 0.5) is 11.5 Å². The summed E-state index contributed by atoms with van der Waals surface area (Å²) in [6.07, 6.45) is 5.20. The number of carbonyl (C=O) groups excluding carboxylic acids is 2. The van der Waals surface area contributed by atoms with E-state index in [4.69, 9.17) is 30.5 Å². The van der Waals surface area contributed by atoms with Crippen LogP contribution < -0.4 is 14.8 Å². The zero-order valence-corrected chi connectivity index (χ0v) is 20.5. The van der Waals surface area contributed by atoms with Gasteiger partial charge in [0.2, 0.25) is 0 Å². The molecule has 0 aliphatic heterocycles. The number of ketones is 2. The lowest BCUT2D eigenvalue weighted by atomic mass is 9.95. The fraction of sp³-hybridized carbons (Fsp3) is 0.231. The molecular formula is C26H24ClN3O6. The lowest BCUT2D eigenvalue weighted by molar-refractivity contribution is -0.113. The van der Waals surface area contributed by atoms with Crippen LogP contribution in [0.5, 0.6) is 11.5 Å². The van der Waals surface area contributed by atoms with Gasteiger partial charge in [0.05, 0.1) is 18.7 Å². The third kappa shape index (κ3) is 5.88. The molecule has 3 aromatic rings. The molecule has 0 amide bonds. The smallest absolute Gasteiger partial charge is 0.186 e. The second-order valence-electron chi connectivity index (χ2n) is 7.69. The summed E-state index contributed by atoms with van der Waals surface area (Å²) in [4.78, 5) is 33.3. The van der Waals surface area contributed by atoms with Crippen LogP contribution in [0.3, 0.4) is 0 Å². The normalized spacial score (nSPS) is 13.1. The maximum atomic E-state index is 12.5. The quantitative estimate of drug-likeness (QED) is 0.301. The Balaban J connectivity index is 1.74. The van der Waals surface area contributed by atoms with Gasteiger partial charge in [-0.25, -0.2) is 9.97 Å². The highest BCUT2D eigenvalue weighted by Crippen LogP contribution is 2.37. The van der Waals surface area contributed by atoms with Gasteiger partial charge in [0.25, 0.3) is 0 Å². The molecule has 0 bridgehead atoms. The maximum Gasteiger partial charge on any atom is 0.186 e. The van der Waals surface area contributed by atoms with E-state index < -0.39 is 0 Å². The van der Waals surface area contributed by atoms with Crippen molar-refractivity contribution in [3.05, 3.63) is 65.5 Å². The zero-order chi connectivity index (χ0) is 25.5. The molecule has 1 N–H and O–H groups in total. The monoisotopic (exact) mass is 509 g/mol. The van der Waals surface area contributed by atoms with Gasteiger partial charge in [-0.3, -0.25) is 9.59 Å². The first-order chi connectivity index (χ1) is 17.5. The van der Waals surface area contributed by atoms with Crippen molar-refractivity contribution in [2.24, 2.45) is 0 Å². The van der Waals surface area contributed by atoms with E-state index in [1.165, 1.54) is 24.6 Å². The van der Waals surface area contributed by atoms with Crippen molar-refractivity contribution in [2.75, 3.05) is 46.0 Å². The van der Waals surface area contributed by atoms with Gasteiger partial charge in [0, 0.05) is 47.5 Å². The number of benzene rings is 2. The molecule has 0 radical (unpaired) electrons. The molecule has 186 valence electrons. The number of allylic oxidation sites excluding steroid dienone is 4. The Morgan fingerprint density at radius 1 is 0.889 bits per heavy atom. The van der Waals surface area contributed by atoms with Crippen molar-refractivity contribution in [2.45, 2.75) is 0 Å². The third-order valence-electron chi connectivity index (χ3n) is 5.27. The van der Waals surface area contributed by atoms with Gasteiger partial charge in [0.1, 0.15) is 25.4 Å². The van der Waals surface area contributed by atoms with E-state index in [9.17, 15) is 9.59 Å². The molecule has 2 aromatic carbocycles. The summed E-state index contributed by atoms with van der Waals surface area (Å²) in [7, 11) is 3.19. The van der Waals surface area contributed by atoms with Crippen molar-refractivity contribution >= 4 is 51.1 Å². The van der Waals surface area contributed by atoms with Gasteiger partial charge in [-0.15, -0.1) is 0 Å². The van der Waals surface area contributed by atoms with Crippen LogP contribution in [0.25, 0.3) is 16.5 Å². The minimum absolute atomic E-state index is 0.239. The number of halogens is 1. The van der Waals surface area contributed by atoms with Crippen molar-refractivity contribution in [3.8, 4) is 11.5 Å². The lowest BCUT2D eigenvalue weighted by Crippen LogP contribution is -2.10. The Morgan fingerprint density at radius 3 is 2.33 bits per heavy atom. The van der Waals surface area contributed by atoms with Gasteiger partial charge in [0.15, 0.2) is 23.1 Å². The molecule has 1 aromatic heterocycles. The van der Waals surface area contributed by atoms with Gasteiger partial charge in [-0.1, -0.05) is 11.6 Å². The van der Waals surface area contributed by atoms with E-state index in [2.05, 4.69) is 15.3 Å². The highest BCUT2D eigenvalue weighted by molar-refractivity contribution is 6.36. The summed E-state index contributed by atoms with van der Waals surface area (Å²) in [5.74, 6) is 0.900. The number of nitrogens with one attached hydrogen (secondary N) is 1. The number of nitrogens with zero attached hydrogens (tertiary/aromatic N) is 2. The molecule has 1 aliphatic carbocycles. The summed E-state index contributed by atoms with van der Waals surface area (Å²) in [5.41, 5.74) is 1.88. The second kappa shape index (κ2) is 11.8. The van der Waals surface area contributed by atoms with Gasteiger partial charge in [-0.05, 0) is 42.5 Å². The standard InChI is InChI=1S/C26H24ClN3O6/c1-33-7-9-35-24-13-20-22(14-25(24)36-10-8-34-2)28-15-29-26(20)30-21-5-3-16(27)11-18(21)19-12-17(31)4-6-23(19)32/h3-6,11-15H,7-10H2,1-2H3,(H,28,29,30). The van der Waals surface area contributed by atoms with E-state index in [0.29, 0.717) is 70.9 Å². The van der Waals surface area contributed by atoms with E-state index in [-0.39, 0.29) is 17.1 Å². The number of hydrogen-bond acceptors (Lipinski definition) is 9. The molecule has 0 saturated carbocycles. The van der Waals surface area contributed by atoms with Crippen molar-refractivity contribution in [1.82, 2.24) is 9.97 Å². The van der Waals surface area contributed by atoms with Gasteiger partial charge < -0.3 is 24.3 Å². The first-order valence-electron chi connectivity index (χ1n) is 11.1. The largest absolute Gasteiger partial charge is 0.487 e. The highest BCUT2D eigenvalue weighted by atomic mass is 35.5. The zero-order valence-electron chi connectivity index (χ0n) is 19.7. The molecule has 9 nitrogen and oxygen atoms in total. The third-order valence-corrected chi connectivity index (χ3v) is 5.50. The number of anilines is 2. The summed E-state index contributed by atoms with van der Waals surface area (Å²) < 4.78 is 21.9. The summed E-state index contributed by atoms with van der Waals surface area (Å²) >= 11 is 6.22. The van der Waals surface area contributed by atoms with E-state index in [1.54, 1.807) is 44.6 Å². The number of methoxy groups -OCH3 is 2. The predicted octanol–water partition coefficient (Wildman–Crippen LogP) is 4.17. The average Bonchev–Trinajstić information content (AvgIpc) is 2.87. The summed E-state index contributed by atoms with van der Waals surface area (Å²) in [6.45, 7) is 1.47. The molecular weight excluding hydrogens is 486 g/mol. The number of ether oxygens (including phenoxy) is 4. The van der Waals surface area contributed by atoms with Gasteiger partial charge >= 0.3 is 0 Å². The van der Waals surface area contributed by atoms with E-state index in [1.807, 2.05) is 0 Å². The van der Waals surface area contributed by atoms with E-state index in [0.717, 1.165) is 0 Å². The minimum Gasteiger partial charge on any atom is -0.487 e. The Morgan fingerprint density at radius 2 is 1.61 bits per heavy atom. The molecule has 1 heterocycles. The highest BCUT2D eigenvalue weighted by Gasteiger charge is 2.20. The topological polar surface area (TPSA) is 109 Å². The predicted molar refractivity (Wildman–Crippen MR) is 136 cm³/mol. The molecule has 1 aliphatic rings. The Kier molecular flexibility index (Phi) is 8.27. The number of carbonyl (C=O) groups is 2. The molecule has 0 spiro atoms. The molecule has 10 heteroatoms. The number of rotatable bonds is 11. The minimum atomic E-state index is -0.292. The fourth-order valence-electron chi connectivity index (χ4n) is 3.55. The van der Waals surface area contributed by atoms with Crippen molar-refractivity contribution < 1.29 is 28.5 Å². The molecule has 0 saturated heterocycles. The lowest BCUT2D eigenvalue weighted by Gasteiger charge is -2.17. The van der Waals surface area contributed by atoms with Crippen molar-refractivity contribution in [1.29, 1.82) is 0 Å². The number of fused-ring (bicyclic) bond motifs is 1. The molecule has 0 atom stereocenters. The van der Waals surface area contributed by atoms with Crippen molar-refractivity contribution in [3.63, 3.8) is 0 Å². The van der Waals surface area contributed by atoms with E-state index >= 15 is 0 Å². The number of aromatic nitrogens is 2. The second-order valence-corrected chi connectivity index (χ2v) is 8.13. The van der Waals surface area contributed by atoms with Crippen LogP contribution in [-0.2, 0) is 19.1 Å². The van der Waals surface area contributed by atoms with Crippen LogP contribution in [-0.4, -0.2) is 62.2 Å².